The van der Waals surface area contributed by atoms with Gasteiger partial charge in [-0.15, -0.1) is 11.8 Å². The maximum absolute atomic E-state index is 14.0. The lowest BCUT2D eigenvalue weighted by molar-refractivity contribution is -0.302. The van der Waals surface area contributed by atoms with Crippen molar-refractivity contribution in [3.8, 4) is 0 Å². The number of esters is 1. The lowest BCUT2D eigenvalue weighted by atomic mass is 9.78. The highest BCUT2D eigenvalue weighted by molar-refractivity contribution is 8.03. The minimum atomic E-state index is -2.24. The van der Waals surface area contributed by atoms with E-state index in [2.05, 4.69) is 6.92 Å². The largest absolute Gasteiger partial charge is 0.458 e. The molecule has 107 heavy (non-hydrogen) atoms. The fourth-order valence-corrected chi connectivity index (χ4v) is 14.5. The smallest absolute Gasteiger partial charge is 0.311 e. The average Bonchev–Trinajstić information content (AvgIpc) is 0.797. The van der Waals surface area contributed by atoms with Gasteiger partial charge in [0.1, 0.15) is 11.9 Å². The summed E-state index contributed by atoms with van der Waals surface area (Å²) in [6.07, 6.45) is 17.9. The molecule has 3 aliphatic rings. The molecule has 0 aromatic heterocycles. The molecule has 3 rings (SSSR count). The summed E-state index contributed by atoms with van der Waals surface area (Å²) in [7, 11) is 1.46. The first kappa shape index (κ1) is 96.3. The molecule has 2 bridgehead atoms. The van der Waals surface area contributed by atoms with Crippen molar-refractivity contribution >= 4 is 35.1 Å². The van der Waals surface area contributed by atoms with Crippen LogP contribution in [0.2, 0.25) is 0 Å². The van der Waals surface area contributed by atoms with E-state index in [1.807, 2.05) is 13.0 Å². The number of carbonyl (C=O) groups is 4. The van der Waals surface area contributed by atoms with E-state index in [0.29, 0.717) is 56.9 Å². The molecular weight excluding hydrogens is 1390 g/mol. The maximum Gasteiger partial charge on any atom is 0.311 e. The molecule has 24 heteroatoms. The highest BCUT2D eigenvalue weighted by Gasteiger charge is 2.49. The van der Waals surface area contributed by atoms with E-state index >= 15 is 0 Å². The van der Waals surface area contributed by atoms with Gasteiger partial charge in [-0.2, -0.15) is 0 Å². The third kappa shape index (κ3) is 37.3. The number of hydrogen-bond donors (Lipinski definition) is 16. The number of aliphatic hydroxyl groups is 15. The lowest BCUT2D eigenvalue weighted by Gasteiger charge is -2.46. The van der Waals surface area contributed by atoms with E-state index in [9.17, 15) is 95.8 Å². The first-order valence-corrected chi connectivity index (χ1v) is 39.7. The average molecular weight is 1530 g/mol. The number of allylic oxidation sites excluding steroid dienone is 14. The molecule has 0 spiro atoms. The number of carbonyl (C=O) groups excluding carboxylic acids is 4. The minimum absolute atomic E-state index is 0.0371. The van der Waals surface area contributed by atoms with E-state index in [-0.39, 0.29) is 116 Å². The van der Waals surface area contributed by atoms with Crippen LogP contribution in [0.1, 0.15) is 197 Å². The standard InChI is InChI=1S/C83H133NO22S/c1-51-24-19-21-32-63(89)44-68(94)46-69(33-22-20-25-52(2)35-39-75(104-9)77-80(102)70(84)47-73(97)82(77)107-10)105-76(99)50-83(103)49-74(98)57(7)81(106-83)58(8)79(101)55(5)27-23-26-54(4)78(100)56(6)72(96)48-71(95)53(3)36-38-65(91)45-67(93)43-62(88)31-18-14-17-30-61(87)42-66(92)41-60(86)29-16-13-11-12-15-28-59(85)40-64(90)37-34-51/h11-18,20,22-23,25-27,29,31,33,47,51-53,55-65,67-69,71-72,74-75,78-79,81,85-91,93-96,98,100-101,103H,19,21,24,28,30,32,34-46,48-50,84H2,1-10H3/b13-11?,15-12?,17-14?,25-20+,27-23?,29-16?,31-18?,33-22+,54-26?/t51-,52+,53-,55?,56+,57+,58+,59+,60-,61+,62-,63+,64-,65+,67-,68+,69+,71-,72+,74+,75-,78-,79+,81-,83?/m0/s1. The highest BCUT2D eigenvalue weighted by atomic mass is 32.2. The van der Waals surface area contributed by atoms with E-state index in [0.717, 1.165) is 30.7 Å². The molecule has 2 unspecified atom stereocenters. The van der Waals surface area contributed by atoms with E-state index in [1.165, 1.54) is 19.3 Å². The Kier molecular flexibility index (Phi) is 45.8. The van der Waals surface area contributed by atoms with Crippen LogP contribution in [-0.2, 0) is 33.4 Å². The summed E-state index contributed by atoms with van der Waals surface area (Å²) in [6, 6.07) is 0. The Morgan fingerprint density at radius 2 is 1.21 bits per heavy atom. The van der Waals surface area contributed by atoms with Crippen LogP contribution in [0, 0.1) is 41.4 Å². The van der Waals surface area contributed by atoms with Gasteiger partial charge < -0.3 is 96.5 Å². The second-order valence-electron chi connectivity index (χ2n) is 30.7. The quantitative estimate of drug-likeness (QED) is 0.0597. The molecule has 1 aliphatic carbocycles. The first-order chi connectivity index (χ1) is 50.5. The Labute approximate surface area is 639 Å². The van der Waals surface area contributed by atoms with Gasteiger partial charge in [-0.25, -0.2) is 0 Å². The van der Waals surface area contributed by atoms with Gasteiger partial charge in [-0.05, 0) is 126 Å². The van der Waals surface area contributed by atoms with Gasteiger partial charge in [0.15, 0.2) is 11.6 Å². The molecule has 0 aromatic rings. The number of nitrogens with two attached hydrogens (primary N) is 1. The van der Waals surface area contributed by atoms with Crippen molar-refractivity contribution in [1.82, 2.24) is 0 Å². The Balaban J connectivity index is 1.80. The number of Topliss-reactive ketones (excluding diaryl/α,β-unsaturated/α-hetero) is 2. The fraction of sp³-hybridized carbons (Fsp3) is 0.687. The summed E-state index contributed by atoms with van der Waals surface area (Å²) in [6.45, 7) is 14.3. The van der Waals surface area contributed by atoms with Crippen molar-refractivity contribution in [3.05, 3.63) is 131 Å². The van der Waals surface area contributed by atoms with Gasteiger partial charge in [0.25, 0.3) is 0 Å². The van der Waals surface area contributed by atoms with Gasteiger partial charge in [-0.3, -0.25) is 19.2 Å². The molecule has 0 amide bonds. The number of ether oxygens (including phenoxy) is 3. The van der Waals surface area contributed by atoms with Gasteiger partial charge in [0.05, 0.1) is 115 Å². The highest BCUT2D eigenvalue weighted by Crippen LogP contribution is 2.39. The molecule has 0 aromatic carbocycles. The molecule has 1 fully saturated rings. The number of ketones is 3. The second-order valence-corrected chi connectivity index (χ2v) is 31.5. The normalized spacial score (nSPS) is 36.5. The maximum atomic E-state index is 14.0. The summed E-state index contributed by atoms with van der Waals surface area (Å²) in [4.78, 5) is 52.7. The Morgan fingerprint density at radius 1 is 0.617 bits per heavy atom. The summed E-state index contributed by atoms with van der Waals surface area (Å²) >= 11 is 1.15. The van der Waals surface area contributed by atoms with Crippen LogP contribution in [0.25, 0.3) is 0 Å². The number of fused-ring (bicyclic) bond motifs is 2. The SMILES string of the molecule is CO[C@@H](CC[C@H](C)/C=C/C=C/[C@@H]1C[C@H](O)C[C@H](O)CCCC[C@H](C)CC[C@H](O)C[C@H](O)CC=CC=CC=C[C@H](O)CC(=O)C[C@H](O)CC=CC=C[C@H](O)C[C@H](O)C[C@H](O)CC[C@H](C)[C@@H](O)C[C@@H](O)[C@@H](C)[C@@H](O)C(C)=CC=CC(C)[C@@H](O)[C@@H](C)[C@H]2OC(O)(CC(=O)O1)C[C@@H](O)[C@H]2C)C1=C(SC)C(=O)C=C(N)C1=O. The van der Waals surface area contributed by atoms with Crippen LogP contribution >= 0.6 is 11.8 Å². The van der Waals surface area contributed by atoms with E-state index < -0.39 is 151 Å². The number of hydrogen-bond acceptors (Lipinski definition) is 24. The molecule has 25 atom stereocenters. The zero-order valence-corrected chi connectivity index (χ0v) is 65.7. The van der Waals surface area contributed by atoms with Gasteiger partial charge in [-0.1, -0.05) is 165 Å². The summed E-state index contributed by atoms with van der Waals surface area (Å²) in [5, 5.41) is 165. The van der Waals surface area contributed by atoms with Crippen molar-refractivity contribution in [3.63, 3.8) is 0 Å². The minimum Gasteiger partial charge on any atom is -0.458 e. The number of cyclic esters (lactones) is 1. The second kappa shape index (κ2) is 50.9. The number of aliphatic hydroxyl groups excluding tert-OH is 14. The van der Waals surface area contributed by atoms with Crippen LogP contribution in [-0.4, -0.2) is 223 Å². The van der Waals surface area contributed by atoms with Crippen molar-refractivity contribution in [2.75, 3.05) is 13.4 Å². The van der Waals surface area contributed by atoms with Crippen LogP contribution in [0.4, 0.5) is 0 Å². The molecule has 0 saturated carbocycles. The zero-order chi connectivity index (χ0) is 80.1. The number of methoxy groups -OCH3 is 1. The van der Waals surface area contributed by atoms with Crippen molar-refractivity contribution in [2.24, 2.45) is 47.2 Å². The third-order valence-corrected chi connectivity index (χ3v) is 21.6. The van der Waals surface area contributed by atoms with Crippen LogP contribution in [0.5, 0.6) is 0 Å². The Morgan fingerprint density at radius 3 is 1.89 bits per heavy atom. The molecule has 0 radical (unpaired) electrons. The van der Waals surface area contributed by atoms with Crippen LogP contribution < -0.4 is 5.73 Å². The molecular formula is C83H133NO22S. The first-order valence-electron chi connectivity index (χ1n) is 38.5. The number of rotatable bonds is 9. The molecule has 1 saturated heterocycles. The Bertz CT molecular complexity index is 2990. The summed E-state index contributed by atoms with van der Waals surface area (Å²) in [5.41, 5.74) is 6.46. The fourth-order valence-electron chi connectivity index (χ4n) is 13.8. The van der Waals surface area contributed by atoms with Crippen LogP contribution in [0.3, 0.4) is 0 Å². The lowest BCUT2D eigenvalue weighted by Crippen LogP contribution is -2.55. The summed E-state index contributed by atoms with van der Waals surface area (Å²) in [5.74, 6) is -7.11. The summed E-state index contributed by atoms with van der Waals surface area (Å²) < 4.78 is 17.9. The Hall–Kier alpha value is -4.91. The topological polar surface area (TPSA) is 425 Å². The molecule has 2 aliphatic heterocycles. The third-order valence-electron chi connectivity index (χ3n) is 20.8. The van der Waals surface area contributed by atoms with Gasteiger partial charge in [0.2, 0.25) is 5.78 Å². The molecule has 23 nitrogen and oxygen atoms in total. The van der Waals surface area contributed by atoms with Gasteiger partial charge >= 0.3 is 5.97 Å². The van der Waals surface area contributed by atoms with Gasteiger partial charge in [0, 0.05) is 74.5 Å². The van der Waals surface area contributed by atoms with Crippen molar-refractivity contribution < 1.29 is 110 Å². The monoisotopic (exact) mass is 1530 g/mol. The zero-order valence-electron chi connectivity index (χ0n) is 64.9. The predicted octanol–water partition coefficient (Wildman–Crippen LogP) is 7.68. The van der Waals surface area contributed by atoms with Crippen molar-refractivity contribution in [2.45, 2.75) is 306 Å². The van der Waals surface area contributed by atoms with Crippen molar-refractivity contribution in [1.29, 1.82) is 0 Å². The molecule has 17 N–H and O–H groups in total. The predicted molar refractivity (Wildman–Crippen MR) is 415 cm³/mol. The number of thioether (sulfide) groups is 1. The molecule has 608 valence electrons. The van der Waals surface area contributed by atoms with E-state index in [1.54, 1.807) is 133 Å². The van der Waals surface area contributed by atoms with E-state index in [4.69, 9.17) is 19.9 Å². The van der Waals surface area contributed by atoms with Crippen LogP contribution in [0.15, 0.2) is 131 Å². The molecule has 2 heterocycles.